The Kier molecular flexibility index (Phi) is 5.17. The average Bonchev–Trinajstić information content (AvgIpc) is 2.49. The molecule has 3 nitrogen and oxygen atoms in total. The number of benzene rings is 1. The van der Waals surface area contributed by atoms with Gasteiger partial charge >= 0.3 is 0 Å². The first-order valence-electron chi connectivity index (χ1n) is 7.54. The van der Waals surface area contributed by atoms with Crippen LogP contribution in [-0.4, -0.2) is 11.9 Å². The molecular weight excluding hydrogens is 248 g/mol. The van der Waals surface area contributed by atoms with Gasteiger partial charge in [-0.2, -0.15) is 5.26 Å². The number of nitrogens with zero attached hydrogens (tertiary/aromatic N) is 1. The van der Waals surface area contributed by atoms with Gasteiger partial charge < -0.3 is 5.32 Å². The first kappa shape index (κ1) is 14.6. The van der Waals surface area contributed by atoms with Gasteiger partial charge in [-0.05, 0) is 49.8 Å². The first-order chi connectivity index (χ1) is 9.72. The van der Waals surface area contributed by atoms with E-state index in [9.17, 15) is 4.79 Å². The minimum Gasteiger partial charge on any atom is -0.349 e. The van der Waals surface area contributed by atoms with Gasteiger partial charge in [0.15, 0.2) is 0 Å². The maximum absolute atomic E-state index is 12.2. The highest BCUT2D eigenvalue weighted by Gasteiger charge is 2.22. The fourth-order valence-corrected chi connectivity index (χ4v) is 3.00. The predicted molar refractivity (Wildman–Crippen MR) is 79.3 cm³/mol. The molecule has 1 N–H and O–H groups in total. The Morgan fingerprint density at radius 3 is 2.75 bits per heavy atom. The highest BCUT2D eigenvalue weighted by molar-refractivity contribution is 5.94. The van der Waals surface area contributed by atoms with E-state index in [1.54, 1.807) is 24.3 Å². The summed E-state index contributed by atoms with van der Waals surface area (Å²) in [7, 11) is 0. The summed E-state index contributed by atoms with van der Waals surface area (Å²) < 4.78 is 0. The number of nitriles is 1. The van der Waals surface area contributed by atoms with Crippen molar-refractivity contribution in [2.45, 2.75) is 51.5 Å². The van der Waals surface area contributed by atoms with Crippen LogP contribution >= 0.6 is 0 Å². The molecule has 0 unspecified atom stereocenters. The molecule has 0 atom stereocenters. The van der Waals surface area contributed by atoms with Gasteiger partial charge in [0.1, 0.15) is 0 Å². The Morgan fingerprint density at radius 1 is 1.35 bits per heavy atom. The van der Waals surface area contributed by atoms with Crippen LogP contribution in [0.3, 0.4) is 0 Å². The molecule has 0 aliphatic heterocycles. The van der Waals surface area contributed by atoms with E-state index in [0.717, 1.165) is 18.8 Å². The fraction of sp³-hybridized carbons (Fsp3) is 0.529. The van der Waals surface area contributed by atoms with Crippen LogP contribution in [-0.2, 0) is 0 Å². The summed E-state index contributed by atoms with van der Waals surface area (Å²) in [5.41, 5.74) is 1.11. The summed E-state index contributed by atoms with van der Waals surface area (Å²) >= 11 is 0. The monoisotopic (exact) mass is 270 g/mol. The lowest BCUT2D eigenvalue weighted by atomic mass is 9.83. The topological polar surface area (TPSA) is 52.9 Å². The summed E-state index contributed by atoms with van der Waals surface area (Å²) in [6, 6.07) is 9.24. The third kappa shape index (κ3) is 3.84. The van der Waals surface area contributed by atoms with Crippen LogP contribution in [0.2, 0.25) is 0 Å². The van der Waals surface area contributed by atoms with Crippen LogP contribution in [0.15, 0.2) is 24.3 Å². The molecule has 2 rings (SSSR count). The number of carbonyl (C=O) groups is 1. The van der Waals surface area contributed by atoms with E-state index in [-0.39, 0.29) is 5.91 Å². The second-order valence-electron chi connectivity index (χ2n) is 5.67. The molecule has 1 aliphatic carbocycles. The van der Waals surface area contributed by atoms with Gasteiger partial charge in [-0.25, -0.2) is 0 Å². The van der Waals surface area contributed by atoms with Crippen molar-refractivity contribution in [1.29, 1.82) is 5.26 Å². The van der Waals surface area contributed by atoms with Crippen LogP contribution in [0, 0.1) is 17.2 Å². The molecule has 1 aromatic rings. The average molecular weight is 270 g/mol. The zero-order valence-electron chi connectivity index (χ0n) is 12.1. The Hall–Kier alpha value is -1.82. The fourth-order valence-electron chi connectivity index (χ4n) is 3.00. The Balaban J connectivity index is 1.88. The van der Waals surface area contributed by atoms with Crippen LogP contribution < -0.4 is 5.32 Å². The number of nitrogens with one attached hydrogen (secondary N) is 1. The van der Waals surface area contributed by atoms with Gasteiger partial charge in [-0.15, -0.1) is 0 Å². The minimum atomic E-state index is -0.0546. The molecule has 0 bridgehead atoms. The molecule has 1 aromatic carbocycles. The summed E-state index contributed by atoms with van der Waals surface area (Å²) in [6.45, 7) is 2.23. The lowest BCUT2D eigenvalue weighted by Gasteiger charge is -2.29. The lowest BCUT2D eigenvalue weighted by Crippen LogP contribution is -2.37. The van der Waals surface area contributed by atoms with E-state index in [1.807, 2.05) is 0 Å². The van der Waals surface area contributed by atoms with Crippen molar-refractivity contribution < 1.29 is 4.79 Å². The van der Waals surface area contributed by atoms with E-state index in [2.05, 4.69) is 18.3 Å². The number of hydrogen-bond acceptors (Lipinski definition) is 2. The highest BCUT2D eigenvalue weighted by Crippen LogP contribution is 2.27. The van der Waals surface area contributed by atoms with Gasteiger partial charge in [0.2, 0.25) is 0 Å². The molecule has 0 spiro atoms. The van der Waals surface area contributed by atoms with Gasteiger partial charge in [0.25, 0.3) is 5.91 Å². The SMILES string of the molecule is CCCC1CCC(NC(=O)c2cccc(C#N)c2)CC1. The maximum atomic E-state index is 12.2. The zero-order chi connectivity index (χ0) is 14.4. The Labute approximate surface area is 121 Å². The van der Waals surface area contributed by atoms with Gasteiger partial charge in [-0.3, -0.25) is 4.79 Å². The normalized spacial score (nSPS) is 22.0. The molecule has 0 radical (unpaired) electrons. The van der Waals surface area contributed by atoms with Crippen molar-refractivity contribution in [2.75, 3.05) is 0 Å². The van der Waals surface area contributed by atoms with E-state index < -0.39 is 0 Å². The standard InChI is InChI=1S/C17H22N2O/c1-2-4-13-7-9-16(10-8-13)19-17(20)15-6-3-5-14(11-15)12-18/h3,5-6,11,13,16H,2,4,7-10H2,1H3,(H,19,20). The molecule has 20 heavy (non-hydrogen) atoms. The van der Waals surface area contributed by atoms with E-state index in [0.29, 0.717) is 17.2 Å². The minimum absolute atomic E-state index is 0.0546. The Bertz CT molecular complexity index is 496. The van der Waals surface area contributed by atoms with Crippen LogP contribution in [0.25, 0.3) is 0 Å². The third-order valence-corrected chi connectivity index (χ3v) is 4.13. The van der Waals surface area contributed by atoms with Crippen molar-refractivity contribution in [3.8, 4) is 6.07 Å². The number of hydrogen-bond donors (Lipinski definition) is 1. The van der Waals surface area contributed by atoms with Crippen LogP contribution in [0.5, 0.6) is 0 Å². The van der Waals surface area contributed by atoms with Crippen molar-refractivity contribution in [3.05, 3.63) is 35.4 Å². The summed E-state index contributed by atoms with van der Waals surface area (Å²) in [4.78, 5) is 12.2. The maximum Gasteiger partial charge on any atom is 0.251 e. The third-order valence-electron chi connectivity index (χ3n) is 4.13. The molecular formula is C17H22N2O. The van der Waals surface area contributed by atoms with Crippen LogP contribution in [0.4, 0.5) is 0 Å². The molecule has 1 fully saturated rings. The molecule has 3 heteroatoms. The number of rotatable bonds is 4. The largest absolute Gasteiger partial charge is 0.349 e. The Morgan fingerprint density at radius 2 is 2.10 bits per heavy atom. The van der Waals surface area contributed by atoms with E-state index in [4.69, 9.17) is 5.26 Å². The molecule has 106 valence electrons. The number of amides is 1. The molecule has 1 saturated carbocycles. The highest BCUT2D eigenvalue weighted by atomic mass is 16.1. The predicted octanol–water partition coefficient (Wildman–Crippen LogP) is 3.65. The van der Waals surface area contributed by atoms with Gasteiger partial charge in [0, 0.05) is 11.6 Å². The second kappa shape index (κ2) is 7.09. The first-order valence-corrected chi connectivity index (χ1v) is 7.54. The molecule has 1 amide bonds. The molecule has 1 aliphatic rings. The van der Waals surface area contributed by atoms with Crippen molar-refractivity contribution in [2.24, 2.45) is 5.92 Å². The van der Waals surface area contributed by atoms with Crippen molar-refractivity contribution >= 4 is 5.91 Å². The van der Waals surface area contributed by atoms with E-state index in [1.165, 1.54) is 25.7 Å². The second-order valence-corrected chi connectivity index (χ2v) is 5.67. The van der Waals surface area contributed by atoms with Crippen molar-refractivity contribution in [3.63, 3.8) is 0 Å². The molecule has 0 aromatic heterocycles. The lowest BCUT2D eigenvalue weighted by molar-refractivity contribution is 0.0921. The van der Waals surface area contributed by atoms with E-state index >= 15 is 0 Å². The quantitative estimate of drug-likeness (QED) is 0.908. The van der Waals surface area contributed by atoms with Gasteiger partial charge in [-0.1, -0.05) is 25.8 Å². The molecule has 0 saturated heterocycles. The summed E-state index contributed by atoms with van der Waals surface area (Å²) in [5.74, 6) is 0.788. The van der Waals surface area contributed by atoms with Crippen LogP contribution in [0.1, 0.15) is 61.4 Å². The summed E-state index contributed by atoms with van der Waals surface area (Å²) in [6.07, 6.45) is 7.16. The van der Waals surface area contributed by atoms with Crippen molar-refractivity contribution in [1.82, 2.24) is 5.32 Å². The number of carbonyl (C=O) groups excluding carboxylic acids is 1. The molecule has 0 heterocycles. The smallest absolute Gasteiger partial charge is 0.251 e. The zero-order valence-corrected chi connectivity index (χ0v) is 12.1. The summed E-state index contributed by atoms with van der Waals surface area (Å²) in [5, 5.41) is 12.0. The van der Waals surface area contributed by atoms with Gasteiger partial charge in [0.05, 0.1) is 11.6 Å².